The highest BCUT2D eigenvalue weighted by atomic mass is 32.2. The molecule has 0 aliphatic carbocycles. The van der Waals surface area contributed by atoms with Crippen LogP contribution in [0.15, 0.2) is 24.3 Å². The molecule has 3 rings (SSSR count). The maximum absolute atomic E-state index is 12.3. The highest BCUT2D eigenvalue weighted by molar-refractivity contribution is 8.00. The fourth-order valence-corrected chi connectivity index (χ4v) is 4.83. The van der Waals surface area contributed by atoms with E-state index in [1.807, 2.05) is 16.7 Å². The zero-order chi connectivity index (χ0) is 17.8. The lowest BCUT2D eigenvalue weighted by molar-refractivity contribution is -0.903. The van der Waals surface area contributed by atoms with E-state index < -0.39 is 0 Å². The summed E-state index contributed by atoms with van der Waals surface area (Å²) in [4.78, 5) is 29.6. The third-order valence-corrected chi connectivity index (χ3v) is 6.38. The number of piperazine rings is 1. The van der Waals surface area contributed by atoms with E-state index in [4.69, 9.17) is 0 Å². The molecule has 25 heavy (non-hydrogen) atoms. The Balaban J connectivity index is 1.55. The van der Waals surface area contributed by atoms with Gasteiger partial charge in [-0.3, -0.25) is 9.59 Å². The minimum Gasteiger partial charge on any atom is -0.331 e. The first-order valence-electron chi connectivity index (χ1n) is 9.17. The normalized spacial score (nSPS) is 21.8. The maximum atomic E-state index is 12.3. The van der Waals surface area contributed by atoms with Gasteiger partial charge in [-0.2, -0.15) is 0 Å². The summed E-state index contributed by atoms with van der Waals surface area (Å²) in [5.41, 5.74) is 2.46. The van der Waals surface area contributed by atoms with Gasteiger partial charge in [-0.15, -0.1) is 11.8 Å². The molecule has 2 fully saturated rings. The summed E-state index contributed by atoms with van der Waals surface area (Å²) >= 11 is 1.73. The van der Waals surface area contributed by atoms with Crippen molar-refractivity contribution in [3.8, 4) is 0 Å². The van der Waals surface area contributed by atoms with E-state index in [1.54, 1.807) is 11.8 Å². The van der Waals surface area contributed by atoms with Crippen molar-refractivity contribution in [2.75, 3.05) is 45.0 Å². The van der Waals surface area contributed by atoms with Crippen molar-refractivity contribution in [3.63, 3.8) is 0 Å². The van der Waals surface area contributed by atoms with Gasteiger partial charge in [-0.05, 0) is 12.5 Å². The third-order valence-electron chi connectivity index (χ3n) is 5.13. The average molecular weight is 363 g/mol. The number of benzene rings is 1. The zero-order valence-corrected chi connectivity index (χ0v) is 16.0. The Morgan fingerprint density at radius 2 is 2.08 bits per heavy atom. The second kappa shape index (κ2) is 8.23. The van der Waals surface area contributed by atoms with Crippen molar-refractivity contribution < 1.29 is 14.5 Å². The minimum atomic E-state index is 0.148. The molecule has 2 heterocycles. The highest BCUT2D eigenvalue weighted by Gasteiger charge is 2.33. The summed E-state index contributed by atoms with van der Waals surface area (Å²) in [5.74, 6) is 1.08. The Labute approximate surface area is 154 Å². The molecule has 0 unspecified atom stereocenters. The standard InChI is InChI=1S/C19H27N3O2S/c1-3-17(23)21-10-7-20(8-11-21)9-12-22-18(24)14-25-19(22)16-6-4-5-15(2)13-16/h4-6,13,19H,3,7-12,14H2,1-2H3/p+1/t19-/m0/s1. The lowest BCUT2D eigenvalue weighted by Crippen LogP contribution is -3.15. The fourth-order valence-electron chi connectivity index (χ4n) is 3.62. The first-order valence-corrected chi connectivity index (χ1v) is 10.2. The zero-order valence-electron chi connectivity index (χ0n) is 15.2. The molecule has 2 saturated heterocycles. The molecule has 1 aromatic rings. The van der Waals surface area contributed by atoms with E-state index in [0.717, 1.165) is 39.3 Å². The number of carbonyl (C=O) groups excluding carboxylic acids is 2. The van der Waals surface area contributed by atoms with Crippen LogP contribution in [0.3, 0.4) is 0 Å². The van der Waals surface area contributed by atoms with Crippen molar-refractivity contribution in [2.24, 2.45) is 0 Å². The molecule has 2 amide bonds. The van der Waals surface area contributed by atoms with E-state index in [1.165, 1.54) is 16.0 Å². The predicted octanol–water partition coefficient (Wildman–Crippen LogP) is 0.706. The SMILES string of the molecule is CCC(=O)N1CC[NH+](CCN2C(=O)CS[C@H]2c2cccc(C)c2)CC1. The molecule has 1 atom stereocenters. The summed E-state index contributed by atoms with van der Waals surface area (Å²) in [6, 6.07) is 8.47. The van der Waals surface area contributed by atoms with Crippen molar-refractivity contribution >= 4 is 23.6 Å². The van der Waals surface area contributed by atoms with E-state index in [-0.39, 0.29) is 17.2 Å². The van der Waals surface area contributed by atoms with Crippen molar-refractivity contribution in [2.45, 2.75) is 25.6 Å². The van der Waals surface area contributed by atoms with Crippen molar-refractivity contribution in [3.05, 3.63) is 35.4 Å². The van der Waals surface area contributed by atoms with Gasteiger partial charge in [0.2, 0.25) is 11.8 Å². The largest absolute Gasteiger partial charge is 0.331 e. The molecule has 5 nitrogen and oxygen atoms in total. The molecule has 2 aliphatic rings. The van der Waals surface area contributed by atoms with Crippen LogP contribution >= 0.6 is 11.8 Å². The minimum absolute atomic E-state index is 0.148. The van der Waals surface area contributed by atoms with Crippen molar-refractivity contribution in [1.29, 1.82) is 0 Å². The number of hydrogen-bond donors (Lipinski definition) is 1. The molecule has 6 heteroatoms. The molecule has 0 radical (unpaired) electrons. The van der Waals surface area contributed by atoms with Gasteiger partial charge in [0.15, 0.2) is 0 Å². The van der Waals surface area contributed by atoms with Crippen LogP contribution in [0.1, 0.15) is 29.8 Å². The summed E-state index contributed by atoms with van der Waals surface area (Å²) in [5, 5.41) is 0.148. The maximum Gasteiger partial charge on any atom is 0.234 e. The van der Waals surface area contributed by atoms with Crippen LogP contribution in [-0.2, 0) is 9.59 Å². The number of nitrogens with zero attached hydrogens (tertiary/aromatic N) is 2. The second-order valence-corrected chi connectivity index (χ2v) is 7.97. The van der Waals surface area contributed by atoms with E-state index in [0.29, 0.717) is 12.2 Å². The Kier molecular flexibility index (Phi) is 6.02. The van der Waals surface area contributed by atoms with Crippen LogP contribution in [-0.4, -0.2) is 66.6 Å². The van der Waals surface area contributed by atoms with Crippen LogP contribution in [0.2, 0.25) is 0 Å². The van der Waals surface area contributed by atoms with Gasteiger partial charge in [0.05, 0.1) is 45.0 Å². The van der Waals surface area contributed by atoms with E-state index in [9.17, 15) is 9.59 Å². The monoisotopic (exact) mass is 362 g/mol. The molecule has 0 aromatic heterocycles. The van der Waals surface area contributed by atoms with E-state index >= 15 is 0 Å². The van der Waals surface area contributed by atoms with Gasteiger partial charge >= 0.3 is 0 Å². The Hall–Kier alpha value is -1.53. The number of thioether (sulfide) groups is 1. The molecule has 1 aromatic carbocycles. The quantitative estimate of drug-likeness (QED) is 0.839. The number of hydrogen-bond acceptors (Lipinski definition) is 3. The molecule has 0 spiro atoms. The fraction of sp³-hybridized carbons (Fsp3) is 0.579. The van der Waals surface area contributed by atoms with Gasteiger partial charge in [0.25, 0.3) is 0 Å². The smallest absolute Gasteiger partial charge is 0.234 e. The molecule has 0 saturated carbocycles. The van der Waals surface area contributed by atoms with Gasteiger partial charge in [-0.1, -0.05) is 36.8 Å². The topological polar surface area (TPSA) is 45.1 Å². The van der Waals surface area contributed by atoms with Gasteiger partial charge in [0.1, 0.15) is 5.37 Å². The Morgan fingerprint density at radius 1 is 1.32 bits per heavy atom. The number of amides is 2. The number of carbonyl (C=O) groups is 2. The average Bonchev–Trinajstić information content (AvgIpc) is 3.00. The highest BCUT2D eigenvalue weighted by Crippen LogP contribution is 2.38. The van der Waals surface area contributed by atoms with Crippen LogP contribution < -0.4 is 4.90 Å². The molecule has 2 aliphatic heterocycles. The first kappa shape index (κ1) is 18.3. The van der Waals surface area contributed by atoms with Gasteiger partial charge < -0.3 is 14.7 Å². The van der Waals surface area contributed by atoms with Crippen LogP contribution in [0.4, 0.5) is 0 Å². The lowest BCUT2D eigenvalue weighted by atomic mass is 10.1. The van der Waals surface area contributed by atoms with Gasteiger partial charge in [-0.25, -0.2) is 0 Å². The summed E-state index contributed by atoms with van der Waals surface area (Å²) in [6.45, 7) is 9.41. The molecular weight excluding hydrogens is 334 g/mol. The number of rotatable bonds is 5. The molecule has 0 bridgehead atoms. The van der Waals surface area contributed by atoms with Crippen LogP contribution in [0.25, 0.3) is 0 Å². The summed E-state index contributed by atoms with van der Waals surface area (Å²) < 4.78 is 0. The van der Waals surface area contributed by atoms with Crippen LogP contribution in [0, 0.1) is 6.92 Å². The lowest BCUT2D eigenvalue weighted by Gasteiger charge is -2.33. The number of nitrogens with one attached hydrogen (secondary N) is 1. The molecule has 136 valence electrons. The molecule has 1 N–H and O–H groups in total. The predicted molar refractivity (Wildman–Crippen MR) is 101 cm³/mol. The van der Waals surface area contributed by atoms with E-state index in [2.05, 4.69) is 31.2 Å². The van der Waals surface area contributed by atoms with Crippen LogP contribution in [0.5, 0.6) is 0 Å². The Morgan fingerprint density at radius 3 is 2.76 bits per heavy atom. The number of aryl methyl sites for hydroxylation is 1. The third kappa shape index (κ3) is 4.36. The van der Waals surface area contributed by atoms with Crippen molar-refractivity contribution in [1.82, 2.24) is 9.80 Å². The first-order chi connectivity index (χ1) is 12.1. The Bertz CT molecular complexity index is 629. The molecular formula is C19H28N3O2S+. The summed E-state index contributed by atoms with van der Waals surface area (Å²) in [6.07, 6.45) is 0.590. The number of quaternary nitrogens is 1. The second-order valence-electron chi connectivity index (χ2n) is 6.90. The summed E-state index contributed by atoms with van der Waals surface area (Å²) in [7, 11) is 0. The van der Waals surface area contributed by atoms with Gasteiger partial charge in [0, 0.05) is 6.42 Å².